The number of amides is 1. The number of hydrogen-bond donors (Lipinski definition) is 1. The SMILES string of the molecule is Cc1ccc(C)c(NC(=O)c2cccc(SCC(=O)c3ccccc3)c2)c1. The van der Waals surface area contributed by atoms with Crippen LogP contribution in [-0.4, -0.2) is 17.4 Å². The van der Waals surface area contributed by atoms with Crippen LogP contribution in [0.2, 0.25) is 0 Å². The molecule has 0 aromatic heterocycles. The van der Waals surface area contributed by atoms with Crippen molar-refractivity contribution in [1.29, 1.82) is 0 Å². The van der Waals surface area contributed by atoms with E-state index in [1.165, 1.54) is 11.8 Å². The summed E-state index contributed by atoms with van der Waals surface area (Å²) >= 11 is 1.44. The van der Waals surface area contributed by atoms with Gasteiger partial charge in [-0.2, -0.15) is 0 Å². The first-order chi connectivity index (χ1) is 13.0. The van der Waals surface area contributed by atoms with Crippen molar-refractivity contribution in [2.45, 2.75) is 18.7 Å². The van der Waals surface area contributed by atoms with Crippen molar-refractivity contribution in [1.82, 2.24) is 0 Å². The van der Waals surface area contributed by atoms with Gasteiger partial charge in [-0.05, 0) is 49.2 Å². The molecule has 0 saturated heterocycles. The van der Waals surface area contributed by atoms with E-state index < -0.39 is 0 Å². The summed E-state index contributed by atoms with van der Waals surface area (Å²) in [5.74, 6) is 0.262. The number of carbonyl (C=O) groups excluding carboxylic acids is 2. The molecule has 0 unspecified atom stereocenters. The minimum atomic E-state index is -0.152. The third kappa shape index (κ3) is 5.08. The fourth-order valence-corrected chi connectivity index (χ4v) is 3.50. The highest BCUT2D eigenvalue weighted by atomic mass is 32.2. The van der Waals surface area contributed by atoms with Crippen LogP contribution in [0.25, 0.3) is 0 Å². The molecule has 0 aliphatic heterocycles. The maximum atomic E-state index is 12.6. The van der Waals surface area contributed by atoms with Crippen LogP contribution in [0.4, 0.5) is 5.69 Å². The summed E-state index contributed by atoms with van der Waals surface area (Å²) in [6, 6.07) is 22.6. The number of ketones is 1. The lowest BCUT2D eigenvalue weighted by Gasteiger charge is -2.10. The van der Waals surface area contributed by atoms with Gasteiger partial charge in [0.15, 0.2) is 5.78 Å². The summed E-state index contributed by atoms with van der Waals surface area (Å²) in [6.45, 7) is 3.96. The predicted molar refractivity (Wildman–Crippen MR) is 112 cm³/mol. The first kappa shape index (κ1) is 18.9. The number of aryl methyl sites for hydroxylation is 2. The van der Waals surface area contributed by atoms with E-state index in [9.17, 15) is 9.59 Å². The minimum Gasteiger partial charge on any atom is -0.322 e. The van der Waals surface area contributed by atoms with Gasteiger partial charge in [-0.3, -0.25) is 9.59 Å². The lowest BCUT2D eigenvalue weighted by molar-refractivity contribution is 0.101. The summed E-state index contributed by atoms with van der Waals surface area (Å²) in [6.07, 6.45) is 0. The third-order valence-corrected chi connectivity index (χ3v) is 5.20. The molecule has 1 N–H and O–H groups in total. The van der Waals surface area contributed by atoms with E-state index in [0.29, 0.717) is 16.9 Å². The molecule has 4 heteroatoms. The second-order valence-electron chi connectivity index (χ2n) is 6.38. The first-order valence-electron chi connectivity index (χ1n) is 8.72. The lowest BCUT2D eigenvalue weighted by Crippen LogP contribution is -2.13. The quantitative estimate of drug-likeness (QED) is 0.455. The van der Waals surface area contributed by atoms with Gasteiger partial charge in [0.25, 0.3) is 5.91 Å². The highest BCUT2D eigenvalue weighted by Crippen LogP contribution is 2.22. The molecule has 3 aromatic rings. The molecule has 3 rings (SSSR count). The average molecular weight is 375 g/mol. The largest absolute Gasteiger partial charge is 0.322 e. The average Bonchev–Trinajstić information content (AvgIpc) is 2.69. The van der Waals surface area contributed by atoms with Gasteiger partial charge in [0.1, 0.15) is 0 Å². The molecule has 0 aliphatic carbocycles. The van der Waals surface area contributed by atoms with Crippen LogP contribution in [-0.2, 0) is 0 Å². The van der Waals surface area contributed by atoms with Crippen LogP contribution < -0.4 is 5.32 Å². The number of benzene rings is 3. The van der Waals surface area contributed by atoms with Crippen LogP contribution in [0.1, 0.15) is 31.8 Å². The van der Waals surface area contributed by atoms with Gasteiger partial charge in [-0.1, -0.05) is 48.5 Å². The Labute approximate surface area is 163 Å². The summed E-state index contributed by atoms with van der Waals surface area (Å²) in [5.41, 5.74) is 4.21. The molecule has 0 saturated carbocycles. The van der Waals surface area contributed by atoms with Crippen LogP contribution in [0.15, 0.2) is 77.7 Å². The molecular formula is C23H21NO2S. The zero-order chi connectivity index (χ0) is 19.2. The molecular weight excluding hydrogens is 354 g/mol. The third-order valence-electron chi connectivity index (χ3n) is 4.20. The summed E-state index contributed by atoms with van der Waals surface area (Å²) in [4.78, 5) is 25.7. The molecule has 27 heavy (non-hydrogen) atoms. The van der Waals surface area contributed by atoms with E-state index in [-0.39, 0.29) is 11.7 Å². The molecule has 0 spiro atoms. The Kier molecular flexibility index (Phi) is 6.09. The normalized spacial score (nSPS) is 10.4. The summed E-state index contributed by atoms with van der Waals surface area (Å²) in [5, 5.41) is 2.97. The summed E-state index contributed by atoms with van der Waals surface area (Å²) < 4.78 is 0. The number of thioether (sulfide) groups is 1. The van der Waals surface area contributed by atoms with Crippen LogP contribution in [0.5, 0.6) is 0 Å². The van der Waals surface area contributed by atoms with Crippen molar-refractivity contribution in [3.63, 3.8) is 0 Å². The van der Waals surface area contributed by atoms with Crippen molar-refractivity contribution in [2.75, 3.05) is 11.1 Å². The Morgan fingerprint density at radius 2 is 1.59 bits per heavy atom. The molecule has 0 heterocycles. The Balaban J connectivity index is 1.67. The van der Waals surface area contributed by atoms with Crippen molar-refractivity contribution >= 4 is 29.1 Å². The highest BCUT2D eigenvalue weighted by Gasteiger charge is 2.10. The molecule has 1 amide bonds. The molecule has 136 valence electrons. The van der Waals surface area contributed by atoms with E-state index in [0.717, 1.165) is 21.7 Å². The topological polar surface area (TPSA) is 46.2 Å². The van der Waals surface area contributed by atoms with E-state index in [4.69, 9.17) is 0 Å². The number of carbonyl (C=O) groups is 2. The van der Waals surface area contributed by atoms with Crippen LogP contribution in [0.3, 0.4) is 0 Å². The van der Waals surface area contributed by atoms with Crippen molar-refractivity contribution < 1.29 is 9.59 Å². The van der Waals surface area contributed by atoms with Crippen molar-refractivity contribution in [2.24, 2.45) is 0 Å². The smallest absolute Gasteiger partial charge is 0.255 e. The minimum absolute atomic E-state index is 0.0749. The number of rotatable bonds is 6. The molecule has 0 aliphatic rings. The van der Waals surface area contributed by atoms with Gasteiger partial charge in [0.05, 0.1) is 5.75 Å². The van der Waals surface area contributed by atoms with E-state index in [2.05, 4.69) is 5.32 Å². The van der Waals surface area contributed by atoms with Gasteiger partial charge < -0.3 is 5.32 Å². The van der Waals surface area contributed by atoms with Crippen molar-refractivity contribution in [3.8, 4) is 0 Å². The molecule has 0 radical (unpaired) electrons. The maximum Gasteiger partial charge on any atom is 0.255 e. The van der Waals surface area contributed by atoms with Gasteiger partial charge >= 0.3 is 0 Å². The Bertz CT molecular complexity index is 967. The molecule has 0 fully saturated rings. The van der Waals surface area contributed by atoms with E-state index in [1.54, 1.807) is 6.07 Å². The van der Waals surface area contributed by atoms with Crippen molar-refractivity contribution in [3.05, 3.63) is 95.1 Å². The first-order valence-corrected chi connectivity index (χ1v) is 9.71. The predicted octanol–water partition coefficient (Wildman–Crippen LogP) is 5.53. The van der Waals surface area contributed by atoms with Gasteiger partial charge in [-0.25, -0.2) is 0 Å². The zero-order valence-electron chi connectivity index (χ0n) is 15.4. The Morgan fingerprint density at radius 1 is 0.852 bits per heavy atom. The second-order valence-corrected chi connectivity index (χ2v) is 7.43. The lowest BCUT2D eigenvalue weighted by atomic mass is 10.1. The van der Waals surface area contributed by atoms with E-state index in [1.807, 2.05) is 80.6 Å². The number of hydrogen-bond acceptors (Lipinski definition) is 3. The maximum absolute atomic E-state index is 12.6. The number of anilines is 1. The molecule has 0 atom stereocenters. The monoisotopic (exact) mass is 375 g/mol. The van der Waals surface area contributed by atoms with Gasteiger partial charge in [0, 0.05) is 21.7 Å². The number of nitrogens with one attached hydrogen (secondary N) is 1. The fourth-order valence-electron chi connectivity index (χ4n) is 2.65. The Hall–Kier alpha value is -2.85. The molecule has 0 bridgehead atoms. The number of Topliss-reactive ketones (excluding diaryl/α,β-unsaturated/α-hetero) is 1. The van der Waals surface area contributed by atoms with Crippen LogP contribution >= 0.6 is 11.8 Å². The highest BCUT2D eigenvalue weighted by molar-refractivity contribution is 8.00. The van der Waals surface area contributed by atoms with Crippen LogP contribution in [0, 0.1) is 13.8 Å². The van der Waals surface area contributed by atoms with Gasteiger partial charge in [-0.15, -0.1) is 11.8 Å². The molecule has 3 nitrogen and oxygen atoms in total. The zero-order valence-corrected chi connectivity index (χ0v) is 16.2. The molecule has 3 aromatic carbocycles. The standard InChI is InChI=1S/C23H21NO2S/c1-16-11-12-17(2)21(13-16)24-23(26)19-9-6-10-20(14-19)27-15-22(25)18-7-4-3-5-8-18/h3-14H,15H2,1-2H3,(H,24,26). The van der Waals surface area contributed by atoms with E-state index >= 15 is 0 Å². The second kappa shape index (κ2) is 8.69. The Morgan fingerprint density at radius 3 is 2.37 bits per heavy atom. The summed E-state index contributed by atoms with van der Waals surface area (Å²) in [7, 11) is 0. The van der Waals surface area contributed by atoms with Gasteiger partial charge in [0.2, 0.25) is 0 Å². The fraction of sp³-hybridized carbons (Fsp3) is 0.130.